The minimum Gasteiger partial charge on any atom is -0.410 e. The van der Waals surface area contributed by atoms with Gasteiger partial charge in [0.05, 0.1) is 6.20 Å². The van der Waals surface area contributed by atoms with E-state index in [4.69, 9.17) is 16.8 Å². The molecule has 25 heavy (non-hydrogen) atoms. The Kier molecular flexibility index (Phi) is 4.97. The van der Waals surface area contributed by atoms with Gasteiger partial charge in [-0.1, -0.05) is 46.8 Å². The van der Waals surface area contributed by atoms with Crippen molar-refractivity contribution >= 4 is 17.5 Å². The van der Waals surface area contributed by atoms with Crippen LogP contribution in [0, 0.1) is 6.92 Å². The summed E-state index contributed by atoms with van der Waals surface area (Å²) >= 11 is 6.07. The quantitative estimate of drug-likeness (QED) is 0.482. The molecule has 1 aromatic heterocycles. The third-order valence-electron chi connectivity index (χ3n) is 3.67. The Balaban J connectivity index is 1.59. The molecule has 0 bridgehead atoms. The van der Waals surface area contributed by atoms with Gasteiger partial charge in [0.2, 0.25) is 0 Å². The van der Waals surface area contributed by atoms with E-state index in [0.717, 1.165) is 28.5 Å². The number of halogens is 1. The van der Waals surface area contributed by atoms with E-state index in [9.17, 15) is 4.79 Å². The van der Waals surface area contributed by atoms with Crippen molar-refractivity contribution in [2.45, 2.75) is 13.5 Å². The number of hydrogen-bond donors (Lipinski definition) is 3. The maximum absolute atomic E-state index is 11.7. The van der Waals surface area contributed by atoms with Crippen molar-refractivity contribution in [3.8, 4) is 11.1 Å². The van der Waals surface area contributed by atoms with Crippen LogP contribution in [0.2, 0.25) is 5.02 Å². The van der Waals surface area contributed by atoms with Gasteiger partial charge in [0.15, 0.2) is 5.69 Å². The largest absolute Gasteiger partial charge is 0.410 e. The summed E-state index contributed by atoms with van der Waals surface area (Å²) in [7, 11) is 0. The topological polar surface area (TPSA) is 92.1 Å². The lowest BCUT2D eigenvalue weighted by Gasteiger charge is -2.09. The Morgan fingerprint density at radius 2 is 2.00 bits per heavy atom. The second kappa shape index (κ2) is 7.33. The van der Waals surface area contributed by atoms with E-state index in [0.29, 0.717) is 16.4 Å². The van der Waals surface area contributed by atoms with E-state index in [1.807, 2.05) is 49.4 Å². The molecule has 2 aromatic carbocycles. The molecule has 0 saturated heterocycles. The average Bonchev–Trinajstić information content (AvgIpc) is 3.04. The third kappa shape index (κ3) is 4.14. The highest BCUT2D eigenvalue weighted by atomic mass is 35.5. The molecule has 0 aliphatic heterocycles. The lowest BCUT2D eigenvalue weighted by Crippen LogP contribution is -2.37. The lowest BCUT2D eigenvalue weighted by molar-refractivity contribution is 0.0926. The van der Waals surface area contributed by atoms with Crippen LogP contribution in [0.25, 0.3) is 11.1 Å². The number of amides is 1. The van der Waals surface area contributed by atoms with E-state index in [1.165, 1.54) is 0 Å². The van der Waals surface area contributed by atoms with Crippen molar-refractivity contribution in [1.29, 1.82) is 0 Å². The van der Waals surface area contributed by atoms with Gasteiger partial charge in [0.1, 0.15) is 0 Å². The number of carbonyl (C=O) groups excluding carboxylic acids is 1. The van der Waals surface area contributed by atoms with Gasteiger partial charge in [0.25, 0.3) is 5.91 Å². The molecule has 3 aromatic rings. The molecular weight excluding hydrogens is 342 g/mol. The Morgan fingerprint density at radius 3 is 2.68 bits per heavy atom. The zero-order valence-corrected chi connectivity index (χ0v) is 14.2. The van der Waals surface area contributed by atoms with Crippen LogP contribution < -0.4 is 10.9 Å². The Labute approximate surface area is 149 Å². The summed E-state index contributed by atoms with van der Waals surface area (Å²) in [6, 6.07) is 13.8. The van der Waals surface area contributed by atoms with Gasteiger partial charge in [-0.05, 0) is 46.5 Å². The van der Waals surface area contributed by atoms with Crippen LogP contribution in [0.5, 0.6) is 0 Å². The molecule has 1 heterocycles. The van der Waals surface area contributed by atoms with Gasteiger partial charge in [-0.3, -0.25) is 10.2 Å². The van der Waals surface area contributed by atoms with Gasteiger partial charge >= 0.3 is 0 Å². The number of rotatable bonds is 5. The zero-order valence-electron chi connectivity index (χ0n) is 13.4. The first-order chi connectivity index (χ1) is 12.0. The Bertz CT molecular complexity index is 892. The smallest absolute Gasteiger partial charge is 0.287 e. The number of hydrogen-bond acceptors (Lipinski definition) is 5. The van der Waals surface area contributed by atoms with Gasteiger partial charge in [0, 0.05) is 11.6 Å². The summed E-state index contributed by atoms with van der Waals surface area (Å²) in [5.74, 6) is -0.480. The summed E-state index contributed by atoms with van der Waals surface area (Å²) in [6.45, 7) is 2.48. The van der Waals surface area contributed by atoms with Crippen molar-refractivity contribution in [3.63, 3.8) is 0 Å². The molecule has 0 spiro atoms. The number of aromatic nitrogens is 3. The van der Waals surface area contributed by atoms with Gasteiger partial charge < -0.3 is 5.21 Å². The fourth-order valence-corrected chi connectivity index (χ4v) is 2.53. The fraction of sp³-hybridized carbons (Fsp3) is 0.118. The molecule has 0 fully saturated rings. The van der Waals surface area contributed by atoms with Gasteiger partial charge in [-0.2, -0.15) is 0 Å². The SMILES string of the molecule is Cc1ccc(Cl)cc1-c1ccc(CNNC(=O)c2cn(O)nn2)cc1. The van der Waals surface area contributed by atoms with Crippen LogP contribution >= 0.6 is 11.6 Å². The van der Waals surface area contributed by atoms with Gasteiger partial charge in [-0.15, -0.1) is 5.10 Å². The molecule has 3 N–H and O–H groups in total. The van der Waals surface area contributed by atoms with E-state index in [-0.39, 0.29) is 5.69 Å². The van der Waals surface area contributed by atoms with Crippen molar-refractivity contribution in [2.75, 3.05) is 0 Å². The molecule has 128 valence electrons. The molecule has 1 amide bonds. The Morgan fingerprint density at radius 1 is 1.24 bits per heavy atom. The predicted octanol–water partition coefficient (Wildman–Crippen LogP) is 2.58. The molecule has 0 saturated carbocycles. The van der Waals surface area contributed by atoms with Gasteiger partial charge in [-0.25, -0.2) is 5.43 Å². The first kappa shape index (κ1) is 16.9. The van der Waals surface area contributed by atoms with Crippen LogP contribution in [0.1, 0.15) is 21.6 Å². The number of benzene rings is 2. The normalized spacial score (nSPS) is 10.6. The molecule has 0 radical (unpaired) electrons. The van der Waals surface area contributed by atoms with Crippen LogP contribution in [0.3, 0.4) is 0 Å². The molecule has 7 nitrogen and oxygen atoms in total. The zero-order chi connectivity index (χ0) is 17.8. The predicted molar refractivity (Wildman–Crippen MR) is 93.1 cm³/mol. The first-order valence-corrected chi connectivity index (χ1v) is 7.91. The summed E-state index contributed by atoms with van der Waals surface area (Å²) < 4.78 is 0. The molecule has 8 heteroatoms. The number of carbonyl (C=O) groups is 1. The van der Waals surface area contributed by atoms with Crippen molar-refractivity contribution in [1.82, 2.24) is 26.0 Å². The molecular formula is C17H16ClN5O2. The number of nitrogens with zero attached hydrogens (tertiary/aromatic N) is 3. The summed E-state index contributed by atoms with van der Waals surface area (Å²) in [6.07, 6.45) is 1.11. The van der Waals surface area contributed by atoms with Crippen molar-refractivity contribution < 1.29 is 10.0 Å². The maximum Gasteiger partial charge on any atom is 0.287 e. The second-order valence-electron chi connectivity index (χ2n) is 5.49. The highest BCUT2D eigenvalue weighted by Crippen LogP contribution is 2.26. The van der Waals surface area contributed by atoms with E-state index < -0.39 is 5.91 Å². The fourth-order valence-electron chi connectivity index (χ4n) is 2.36. The van der Waals surface area contributed by atoms with Crippen LogP contribution in [-0.4, -0.2) is 26.3 Å². The molecule has 0 aliphatic rings. The minimum absolute atomic E-state index is 0.0155. The van der Waals surface area contributed by atoms with E-state index in [2.05, 4.69) is 21.2 Å². The minimum atomic E-state index is -0.480. The maximum atomic E-state index is 11.7. The summed E-state index contributed by atoms with van der Waals surface area (Å²) in [4.78, 5) is 12.2. The molecule has 0 aliphatic carbocycles. The number of hydrazine groups is 1. The monoisotopic (exact) mass is 357 g/mol. The third-order valence-corrected chi connectivity index (χ3v) is 3.91. The molecule has 0 unspecified atom stereocenters. The highest BCUT2D eigenvalue weighted by Gasteiger charge is 2.09. The van der Waals surface area contributed by atoms with Crippen molar-refractivity contribution in [3.05, 3.63) is 70.5 Å². The lowest BCUT2D eigenvalue weighted by atomic mass is 9.99. The average molecular weight is 358 g/mol. The van der Waals surface area contributed by atoms with Crippen LogP contribution in [0.15, 0.2) is 48.7 Å². The summed E-state index contributed by atoms with van der Waals surface area (Å²) in [5.41, 5.74) is 9.63. The second-order valence-corrected chi connectivity index (χ2v) is 5.92. The molecule has 3 rings (SSSR count). The van der Waals surface area contributed by atoms with E-state index in [1.54, 1.807) is 0 Å². The van der Waals surface area contributed by atoms with E-state index >= 15 is 0 Å². The first-order valence-electron chi connectivity index (χ1n) is 7.53. The summed E-state index contributed by atoms with van der Waals surface area (Å²) in [5, 5.41) is 16.5. The number of aryl methyl sites for hydroxylation is 1. The highest BCUT2D eigenvalue weighted by molar-refractivity contribution is 6.30. The number of nitrogens with one attached hydrogen (secondary N) is 2. The standard InChI is InChI=1S/C17H16ClN5O2/c1-11-2-7-14(18)8-15(11)13-5-3-12(4-6-13)9-19-21-17(24)16-10-23(25)22-20-16/h2-8,10,19,25H,9H2,1H3,(H,21,24). The Hall–Kier alpha value is -2.90. The van der Waals surface area contributed by atoms with Crippen LogP contribution in [-0.2, 0) is 6.54 Å². The van der Waals surface area contributed by atoms with Crippen molar-refractivity contribution in [2.24, 2.45) is 0 Å². The van der Waals surface area contributed by atoms with Crippen LogP contribution in [0.4, 0.5) is 0 Å². The molecule has 0 atom stereocenters.